The molecule has 176 valence electrons. The van der Waals surface area contributed by atoms with E-state index in [0.717, 1.165) is 52.3 Å². The van der Waals surface area contributed by atoms with Crippen LogP contribution in [0.1, 0.15) is 48.9 Å². The summed E-state index contributed by atoms with van der Waals surface area (Å²) in [7, 11) is -4.01. The standard InChI is InChI=1S/C27H27NO5S/c1-27(2,3)17-11-12-24-21(14-17)22-15-23(19-9-4-5-10-20(19)25(22)33-24)28-34(31,32)18-8-6-7-16(13-18)26(29)30/h4-10,13,15,17,28H,11-12,14H2,1-3H3,(H,29,30)/t17-/m0/s1. The summed E-state index contributed by atoms with van der Waals surface area (Å²) in [6.45, 7) is 6.77. The van der Waals surface area contributed by atoms with Crippen LogP contribution in [0.4, 0.5) is 5.69 Å². The molecule has 3 aromatic carbocycles. The van der Waals surface area contributed by atoms with E-state index in [-0.39, 0.29) is 15.9 Å². The minimum atomic E-state index is -4.01. The number of aromatic carboxylic acids is 1. The molecule has 0 spiro atoms. The van der Waals surface area contributed by atoms with Crippen molar-refractivity contribution in [3.63, 3.8) is 0 Å². The molecule has 1 aliphatic carbocycles. The zero-order chi connectivity index (χ0) is 24.3. The molecule has 6 nitrogen and oxygen atoms in total. The third-order valence-corrected chi connectivity index (χ3v) is 8.28. The molecule has 0 aliphatic heterocycles. The fourth-order valence-electron chi connectivity index (χ4n) is 4.92. The van der Waals surface area contributed by atoms with Gasteiger partial charge in [-0.2, -0.15) is 0 Å². The lowest BCUT2D eigenvalue weighted by Gasteiger charge is -2.33. The van der Waals surface area contributed by atoms with Gasteiger partial charge in [0.15, 0.2) is 0 Å². The number of carboxylic acids is 1. The smallest absolute Gasteiger partial charge is 0.335 e. The van der Waals surface area contributed by atoms with Crippen LogP contribution in [-0.4, -0.2) is 19.5 Å². The van der Waals surface area contributed by atoms with Crippen LogP contribution < -0.4 is 4.72 Å². The van der Waals surface area contributed by atoms with Gasteiger partial charge in [-0.15, -0.1) is 0 Å². The van der Waals surface area contributed by atoms with Crippen molar-refractivity contribution >= 4 is 43.4 Å². The van der Waals surface area contributed by atoms with Crippen molar-refractivity contribution in [3.8, 4) is 0 Å². The maximum absolute atomic E-state index is 13.2. The highest BCUT2D eigenvalue weighted by Crippen LogP contribution is 2.44. The Labute approximate surface area is 198 Å². The average molecular weight is 478 g/mol. The quantitative estimate of drug-likeness (QED) is 0.363. The average Bonchev–Trinajstić information content (AvgIpc) is 3.16. The van der Waals surface area contributed by atoms with Crippen molar-refractivity contribution in [2.75, 3.05) is 4.72 Å². The molecule has 1 aromatic heterocycles. The maximum atomic E-state index is 13.2. The number of hydrogen-bond acceptors (Lipinski definition) is 4. The molecule has 0 bridgehead atoms. The van der Waals surface area contributed by atoms with Gasteiger partial charge >= 0.3 is 5.97 Å². The van der Waals surface area contributed by atoms with Gasteiger partial charge in [-0.05, 0) is 48.4 Å². The molecule has 0 saturated heterocycles. The van der Waals surface area contributed by atoms with Gasteiger partial charge in [0.05, 0.1) is 16.1 Å². The number of sulfonamides is 1. The highest BCUT2D eigenvalue weighted by molar-refractivity contribution is 7.92. The van der Waals surface area contributed by atoms with Crippen molar-refractivity contribution in [3.05, 3.63) is 71.5 Å². The Bertz CT molecular complexity index is 1540. The predicted octanol–water partition coefficient (Wildman–Crippen LogP) is 6.24. The lowest BCUT2D eigenvalue weighted by atomic mass is 9.71. The topological polar surface area (TPSA) is 96.6 Å². The molecule has 1 aliphatic rings. The molecule has 4 aromatic rings. The summed E-state index contributed by atoms with van der Waals surface area (Å²) in [5, 5.41) is 11.8. The summed E-state index contributed by atoms with van der Waals surface area (Å²) in [5.41, 5.74) is 2.47. The van der Waals surface area contributed by atoms with Gasteiger partial charge in [-0.25, -0.2) is 13.2 Å². The molecule has 0 amide bonds. The van der Waals surface area contributed by atoms with Crippen LogP contribution in [0.15, 0.2) is 63.9 Å². The van der Waals surface area contributed by atoms with Gasteiger partial charge in [0.1, 0.15) is 11.3 Å². The number of carbonyl (C=O) groups is 1. The number of aryl methyl sites for hydroxylation is 1. The fraction of sp³-hybridized carbons (Fsp3) is 0.296. The van der Waals surface area contributed by atoms with Crippen LogP contribution in [0.25, 0.3) is 21.7 Å². The minimum absolute atomic E-state index is 0.0830. The summed E-state index contributed by atoms with van der Waals surface area (Å²) in [4.78, 5) is 11.2. The predicted molar refractivity (Wildman–Crippen MR) is 133 cm³/mol. The Balaban J connectivity index is 1.65. The molecule has 1 heterocycles. The van der Waals surface area contributed by atoms with Gasteiger partial charge in [0, 0.05) is 28.1 Å². The monoisotopic (exact) mass is 477 g/mol. The highest BCUT2D eigenvalue weighted by atomic mass is 32.2. The number of furan rings is 1. The molecule has 0 unspecified atom stereocenters. The van der Waals surface area contributed by atoms with Crippen LogP contribution in [0.5, 0.6) is 0 Å². The van der Waals surface area contributed by atoms with Crippen LogP contribution in [-0.2, 0) is 22.9 Å². The van der Waals surface area contributed by atoms with Gasteiger partial charge < -0.3 is 9.52 Å². The molecular weight excluding hydrogens is 450 g/mol. The SMILES string of the molecule is CC(C)(C)[C@H]1CCc2oc3c(cc(NS(=O)(=O)c4cccc(C(=O)O)c4)c4ccccc43)c2C1. The first-order valence-corrected chi connectivity index (χ1v) is 12.8. The molecule has 5 rings (SSSR count). The van der Waals surface area contributed by atoms with E-state index in [0.29, 0.717) is 11.6 Å². The van der Waals surface area contributed by atoms with Gasteiger partial charge in [0.2, 0.25) is 0 Å². The Hall–Kier alpha value is -3.32. The van der Waals surface area contributed by atoms with E-state index in [2.05, 4.69) is 25.5 Å². The van der Waals surface area contributed by atoms with Crippen molar-refractivity contribution in [2.45, 2.75) is 44.9 Å². The Morgan fingerprint density at radius 3 is 2.47 bits per heavy atom. The summed E-state index contributed by atoms with van der Waals surface area (Å²) in [5.74, 6) is 0.309. The first kappa shape index (κ1) is 22.5. The molecular formula is C27H27NO5S. The third kappa shape index (κ3) is 3.84. The summed E-state index contributed by atoms with van der Waals surface area (Å²) in [6, 6.07) is 14.8. The number of benzene rings is 3. The largest absolute Gasteiger partial charge is 0.478 e. The van der Waals surface area contributed by atoms with Crippen LogP contribution >= 0.6 is 0 Å². The maximum Gasteiger partial charge on any atom is 0.335 e. The number of anilines is 1. The van der Waals surface area contributed by atoms with Crippen molar-refractivity contribution in [2.24, 2.45) is 11.3 Å². The summed E-state index contributed by atoms with van der Waals surface area (Å²) in [6.07, 6.45) is 2.81. The number of carboxylic acid groups (broad SMARTS) is 1. The molecule has 34 heavy (non-hydrogen) atoms. The zero-order valence-corrected chi connectivity index (χ0v) is 20.2. The third-order valence-electron chi connectivity index (χ3n) is 6.91. The second-order valence-corrected chi connectivity index (χ2v) is 11.8. The fourth-order valence-corrected chi connectivity index (χ4v) is 6.04. The second-order valence-electron chi connectivity index (χ2n) is 10.1. The van der Waals surface area contributed by atoms with E-state index >= 15 is 0 Å². The highest BCUT2D eigenvalue weighted by Gasteiger charge is 2.32. The Morgan fingerprint density at radius 1 is 1.03 bits per heavy atom. The zero-order valence-electron chi connectivity index (χ0n) is 19.4. The number of nitrogens with one attached hydrogen (secondary N) is 1. The molecule has 2 N–H and O–H groups in total. The Morgan fingerprint density at radius 2 is 1.76 bits per heavy atom. The number of hydrogen-bond donors (Lipinski definition) is 2. The minimum Gasteiger partial charge on any atom is -0.478 e. The van der Waals surface area contributed by atoms with Crippen molar-refractivity contribution in [1.29, 1.82) is 0 Å². The molecule has 0 fully saturated rings. The van der Waals surface area contributed by atoms with E-state index in [1.54, 1.807) is 0 Å². The van der Waals surface area contributed by atoms with Gasteiger partial charge in [0.25, 0.3) is 10.0 Å². The summed E-state index contributed by atoms with van der Waals surface area (Å²) < 4.78 is 35.5. The molecule has 7 heteroatoms. The first-order chi connectivity index (χ1) is 16.0. The van der Waals surface area contributed by atoms with Crippen molar-refractivity contribution in [1.82, 2.24) is 0 Å². The van der Waals surface area contributed by atoms with E-state index < -0.39 is 16.0 Å². The van der Waals surface area contributed by atoms with Gasteiger partial charge in [-0.3, -0.25) is 4.72 Å². The number of rotatable bonds is 4. The number of fused-ring (bicyclic) bond motifs is 5. The van der Waals surface area contributed by atoms with E-state index in [9.17, 15) is 18.3 Å². The molecule has 0 radical (unpaired) electrons. The molecule has 1 atom stereocenters. The second kappa shape index (κ2) is 7.87. The van der Waals surface area contributed by atoms with Gasteiger partial charge in [-0.1, -0.05) is 51.1 Å². The molecule has 0 saturated carbocycles. The van der Waals surface area contributed by atoms with E-state index in [1.807, 2.05) is 30.3 Å². The van der Waals surface area contributed by atoms with Crippen LogP contribution in [0, 0.1) is 11.3 Å². The normalized spacial score (nSPS) is 16.5. The van der Waals surface area contributed by atoms with Crippen molar-refractivity contribution < 1.29 is 22.7 Å². The summed E-state index contributed by atoms with van der Waals surface area (Å²) >= 11 is 0. The van der Waals surface area contributed by atoms with E-state index in [1.165, 1.54) is 24.3 Å². The van der Waals surface area contributed by atoms with Crippen LogP contribution in [0.2, 0.25) is 0 Å². The first-order valence-electron chi connectivity index (χ1n) is 11.4. The Kier molecular flexibility index (Phi) is 5.20. The van der Waals surface area contributed by atoms with Crippen LogP contribution in [0.3, 0.4) is 0 Å². The van der Waals surface area contributed by atoms with E-state index in [4.69, 9.17) is 4.42 Å². The lowest BCUT2D eigenvalue weighted by molar-refractivity contribution is 0.0696. The lowest BCUT2D eigenvalue weighted by Crippen LogP contribution is -2.26.